The number of carbonyl (C=O) groups excluding carboxylic acids is 1. The van der Waals surface area contributed by atoms with E-state index in [1.807, 2.05) is 31.2 Å². The minimum Gasteiger partial charge on any atom is -0.399 e. The highest BCUT2D eigenvalue weighted by Crippen LogP contribution is 2.67. The molecule has 4 aliphatic carbocycles. The molecule has 5 atom stereocenters. The lowest BCUT2D eigenvalue weighted by molar-refractivity contribution is -0.114. The van der Waals surface area contributed by atoms with Gasteiger partial charge in [0.1, 0.15) is 0 Å². The van der Waals surface area contributed by atoms with E-state index in [9.17, 15) is 9.90 Å². The highest BCUT2D eigenvalue weighted by molar-refractivity contribution is 5.93. The Hall–Kier alpha value is -2.13. The van der Waals surface area contributed by atoms with E-state index in [2.05, 4.69) is 25.1 Å². The lowest BCUT2D eigenvalue weighted by atomic mass is 9.51. The molecule has 0 amide bonds. The quantitative estimate of drug-likeness (QED) is 0.508. The van der Waals surface area contributed by atoms with Crippen molar-refractivity contribution in [2.75, 3.05) is 5.73 Å². The molecule has 0 aliphatic heterocycles. The van der Waals surface area contributed by atoms with Crippen LogP contribution in [0.2, 0.25) is 0 Å². The lowest BCUT2D eigenvalue weighted by Crippen LogP contribution is -2.50. The Bertz CT molecular complexity index is 969. The van der Waals surface area contributed by atoms with E-state index in [4.69, 9.17) is 5.73 Å². The molecule has 0 saturated heterocycles. The van der Waals surface area contributed by atoms with Crippen LogP contribution >= 0.6 is 0 Å². The average molecular weight is 404 g/mol. The summed E-state index contributed by atoms with van der Waals surface area (Å²) in [6.07, 6.45) is 12.5. The van der Waals surface area contributed by atoms with Crippen LogP contribution in [0.4, 0.5) is 5.69 Å². The van der Waals surface area contributed by atoms with Crippen molar-refractivity contribution in [3.63, 3.8) is 0 Å². The van der Waals surface area contributed by atoms with Gasteiger partial charge in [-0.3, -0.25) is 4.79 Å². The van der Waals surface area contributed by atoms with Crippen LogP contribution in [-0.2, 0) is 4.79 Å². The largest absolute Gasteiger partial charge is 0.399 e. The summed E-state index contributed by atoms with van der Waals surface area (Å²) < 4.78 is 0. The zero-order valence-electron chi connectivity index (χ0n) is 18.2. The highest BCUT2D eigenvalue weighted by atomic mass is 16.3. The number of nitrogens with two attached hydrogens (primary N) is 1. The zero-order valence-corrected chi connectivity index (χ0v) is 18.2. The molecule has 1 aromatic rings. The van der Waals surface area contributed by atoms with Crippen molar-refractivity contribution in [1.82, 2.24) is 0 Å². The SMILES string of the molecule is C/C=C\[C@]1(O)CC[C@H]2[C@@H]3CCC4=CC(=O)CCC4=C3[C@@H](c3ccc(N)cc3)C[C@@]21C. The van der Waals surface area contributed by atoms with E-state index < -0.39 is 5.60 Å². The average Bonchev–Trinajstić information content (AvgIpc) is 2.98. The van der Waals surface area contributed by atoms with Crippen molar-refractivity contribution in [2.45, 2.75) is 70.3 Å². The van der Waals surface area contributed by atoms with E-state index in [-0.39, 0.29) is 17.1 Å². The number of carbonyl (C=O) groups is 1. The van der Waals surface area contributed by atoms with Gasteiger partial charge in [-0.1, -0.05) is 36.8 Å². The Labute approximate surface area is 179 Å². The van der Waals surface area contributed by atoms with Crippen LogP contribution in [0.15, 0.2) is 59.2 Å². The van der Waals surface area contributed by atoms with Crippen molar-refractivity contribution < 1.29 is 9.90 Å². The molecule has 4 aliphatic rings. The van der Waals surface area contributed by atoms with Crippen LogP contribution in [0.25, 0.3) is 0 Å². The summed E-state index contributed by atoms with van der Waals surface area (Å²) in [5.74, 6) is 1.54. The number of anilines is 1. The van der Waals surface area contributed by atoms with Gasteiger partial charge in [0.15, 0.2) is 5.78 Å². The fourth-order valence-corrected chi connectivity index (χ4v) is 7.28. The van der Waals surface area contributed by atoms with Crippen LogP contribution in [0.3, 0.4) is 0 Å². The van der Waals surface area contributed by atoms with Crippen LogP contribution in [0.1, 0.15) is 70.3 Å². The molecule has 2 saturated carbocycles. The second kappa shape index (κ2) is 6.95. The molecule has 0 heterocycles. The van der Waals surface area contributed by atoms with E-state index in [0.717, 1.165) is 44.2 Å². The van der Waals surface area contributed by atoms with Crippen molar-refractivity contribution in [1.29, 1.82) is 0 Å². The monoisotopic (exact) mass is 403 g/mol. The number of allylic oxidation sites excluding steroid dienone is 5. The molecule has 0 bridgehead atoms. The fraction of sp³-hybridized carbons (Fsp3) is 0.519. The molecule has 30 heavy (non-hydrogen) atoms. The number of rotatable bonds is 2. The maximum absolute atomic E-state index is 12.1. The summed E-state index contributed by atoms with van der Waals surface area (Å²) in [7, 11) is 0. The van der Waals surface area contributed by atoms with Crippen molar-refractivity contribution >= 4 is 11.5 Å². The van der Waals surface area contributed by atoms with Gasteiger partial charge in [-0.2, -0.15) is 0 Å². The third kappa shape index (κ3) is 2.78. The molecule has 3 N–H and O–H groups in total. The predicted octanol–water partition coefficient (Wildman–Crippen LogP) is 5.48. The molecule has 0 radical (unpaired) electrons. The fourth-order valence-electron chi connectivity index (χ4n) is 7.28. The van der Waals surface area contributed by atoms with E-state index >= 15 is 0 Å². The first-order chi connectivity index (χ1) is 14.4. The summed E-state index contributed by atoms with van der Waals surface area (Å²) in [4.78, 5) is 12.1. The lowest BCUT2D eigenvalue weighted by Gasteiger charge is -2.54. The summed E-state index contributed by atoms with van der Waals surface area (Å²) in [6, 6.07) is 8.34. The van der Waals surface area contributed by atoms with Crippen molar-refractivity contribution in [2.24, 2.45) is 17.3 Å². The molecule has 0 unspecified atom stereocenters. The first-order valence-corrected chi connectivity index (χ1v) is 11.5. The zero-order chi connectivity index (χ0) is 21.1. The van der Waals surface area contributed by atoms with Crippen molar-refractivity contribution in [3.05, 3.63) is 64.8 Å². The number of aliphatic hydroxyl groups is 1. The van der Waals surface area contributed by atoms with E-state index in [1.165, 1.54) is 16.7 Å². The summed E-state index contributed by atoms with van der Waals surface area (Å²) in [6.45, 7) is 4.34. The minimum atomic E-state index is -0.743. The molecule has 0 aromatic heterocycles. The molecular formula is C27H33NO2. The third-order valence-electron chi connectivity index (χ3n) is 8.73. The Kier molecular flexibility index (Phi) is 4.59. The van der Waals surface area contributed by atoms with Crippen LogP contribution < -0.4 is 5.73 Å². The van der Waals surface area contributed by atoms with Gasteiger partial charge in [0.25, 0.3) is 0 Å². The predicted molar refractivity (Wildman–Crippen MR) is 121 cm³/mol. The summed E-state index contributed by atoms with van der Waals surface area (Å²) in [5.41, 5.74) is 11.5. The number of hydrogen-bond acceptors (Lipinski definition) is 3. The number of benzene rings is 1. The summed E-state index contributed by atoms with van der Waals surface area (Å²) >= 11 is 0. The smallest absolute Gasteiger partial charge is 0.156 e. The topological polar surface area (TPSA) is 63.3 Å². The molecule has 0 spiro atoms. The maximum atomic E-state index is 12.1. The van der Waals surface area contributed by atoms with Crippen molar-refractivity contribution in [3.8, 4) is 0 Å². The van der Waals surface area contributed by atoms with Crippen LogP contribution in [-0.4, -0.2) is 16.5 Å². The van der Waals surface area contributed by atoms with Gasteiger partial charge in [-0.15, -0.1) is 0 Å². The Morgan fingerprint density at radius 3 is 2.63 bits per heavy atom. The molecule has 5 rings (SSSR count). The number of hydrogen-bond donors (Lipinski definition) is 2. The standard InChI is InChI=1S/C27H33NO2/c1-3-13-27(30)14-12-24-22-10-6-18-15-20(29)9-11-21(18)25(22)23(16-26(24,27)2)17-4-7-19(28)8-5-17/h3-5,7-8,13,15,22-24,30H,6,9-12,14,16,28H2,1-2H3/b13-3-/t22-,23+,24-,26-,27-/m0/s1. The highest BCUT2D eigenvalue weighted by Gasteiger charge is 2.61. The molecular weight excluding hydrogens is 370 g/mol. The van der Waals surface area contributed by atoms with Crippen LogP contribution in [0.5, 0.6) is 0 Å². The number of fused-ring (bicyclic) bond motifs is 4. The number of nitrogen functional groups attached to an aromatic ring is 1. The maximum Gasteiger partial charge on any atom is 0.156 e. The molecule has 3 nitrogen and oxygen atoms in total. The summed E-state index contributed by atoms with van der Waals surface area (Å²) in [5, 5.41) is 11.7. The van der Waals surface area contributed by atoms with Gasteiger partial charge in [-0.25, -0.2) is 0 Å². The Balaban J connectivity index is 1.69. The van der Waals surface area contributed by atoms with Gasteiger partial charge in [0, 0.05) is 23.4 Å². The van der Waals surface area contributed by atoms with Crippen LogP contribution in [0, 0.1) is 17.3 Å². The second-order valence-electron chi connectivity index (χ2n) is 10.1. The second-order valence-corrected chi connectivity index (χ2v) is 10.1. The molecule has 2 fully saturated rings. The first kappa shape index (κ1) is 19.8. The normalized spacial score (nSPS) is 38.3. The Morgan fingerprint density at radius 2 is 1.90 bits per heavy atom. The Morgan fingerprint density at radius 1 is 1.13 bits per heavy atom. The van der Waals surface area contributed by atoms with E-state index in [0.29, 0.717) is 18.3 Å². The molecule has 1 aromatic carbocycles. The van der Waals surface area contributed by atoms with Gasteiger partial charge in [-0.05, 0) is 92.2 Å². The molecule has 3 heteroatoms. The van der Waals surface area contributed by atoms with Gasteiger partial charge >= 0.3 is 0 Å². The first-order valence-electron chi connectivity index (χ1n) is 11.5. The van der Waals surface area contributed by atoms with Gasteiger partial charge < -0.3 is 10.8 Å². The molecule has 158 valence electrons. The third-order valence-corrected chi connectivity index (χ3v) is 8.73. The van der Waals surface area contributed by atoms with Gasteiger partial charge in [0.2, 0.25) is 0 Å². The van der Waals surface area contributed by atoms with Gasteiger partial charge in [0.05, 0.1) is 5.60 Å². The van der Waals surface area contributed by atoms with E-state index in [1.54, 1.807) is 5.57 Å². The number of ketones is 1. The minimum absolute atomic E-state index is 0.147.